The van der Waals surface area contributed by atoms with E-state index in [2.05, 4.69) is 5.32 Å². The summed E-state index contributed by atoms with van der Waals surface area (Å²) in [4.78, 5) is 11.6. The van der Waals surface area contributed by atoms with E-state index in [4.69, 9.17) is 21.2 Å². The zero-order valence-corrected chi connectivity index (χ0v) is 11.7. The van der Waals surface area contributed by atoms with Crippen LogP contribution in [0.25, 0.3) is 0 Å². The maximum Gasteiger partial charge on any atom is 0.251 e. The number of hydrogen-bond donors (Lipinski definition) is 2. The topological polar surface area (TPSA) is 102 Å². The van der Waals surface area contributed by atoms with Crippen LogP contribution in [0.15, 0.2) is 45.9 Å². The Morgan fingerprint density at radius 2 is 2.10 bits per heavy atom. The second kappa shape index (κ2) is 5.66. The second-order valence-electron chi connectivity index (χ2n) is 3.95. The zero-order valence-electron chi connectivity index (χ0n) is 10.2. The molecule has 0 saturated carbocycles. The van der Waals surface area contributed by atoms with E-state index in [1.165, 1.54) is 18.4 Å². The monoisotopic (exact) mass is 314 g/mol. The normalized spacial score (nSPS) is 11.3. The van der Waals surface area contributed by atoms with Gasteiger partial charge in [-0.05, 0) is 30.3 Å². The molecule has 1 amide bonds. The molecule has 0 atom stereocenters. The van der Waals surface area contributed by atoms with Gasteiger partial charge in [0.2, 0.25) is 10.0 Å². The van der Waals surface area contributed by atoms with Gasteiger partial charge in [-0.3, -0.25) is 4.79 Å². The Morgan fingerprint density at radius 3 is 2.70 bits per heavy atom. The van der Waals surface area contributed by atoms with E-state index in [0.29, 0.717) is 5.76 Å². The molecule has 2 aromatic rings. The summed E-state index contributed by atoms with van der Waals surface area (Å²) in [5, 5.41) is 7.57. The molecule has 20 heavy (non-hydrogen) atoms. The number of primary sulfonamides is 1. The van der Waals surface area contributed by atoms with Gasteiger partial charge in [-0.25, -0.2) is 13.6 Å². The van der Waals surface area contributed by atoms with Crippen molar-refractivity contribution in [3.8, 4) is 0 Å². The summed E-state index contributed by atoms with van der Waals surface area (Å²) >= 11 is 5.74. The third-order valence-electron chi connectivity index (χ3n) is 2.50. The maximum atomic E-state index is 11.9. The van der Waals surface area contributed by atoms with Crippen LogP contribution in [0, 0.1) is 0 Å². The van der Waals surface area contributed by atoms with E-state index in [0.717, 1.165) is 6.07 Å². The van der Waals surface area contributed by atoms with Gasteiger partial charge in [0.15, 0.2) is 0 Å². The summed E-state index contributed by atoms with van der Waals surface area (Å²) in [5.41, 5.74) is 0.144. The third-order valence-corrected chi connectivity index (χ3v) is 3.90. The van der Waals surface area contributed by atoms with Gasteiger partial charge in [0, 0.05) is 5.56 Å². The summed E-state index contributed by atoms with van der Waals surface area (Å²) in [6.45, 7) is 0.194. The Bertz CT molecular complexity index is 726. The van der Waals surface area contributed by atoms with Crippen LogP contribution < -0.4 is 10.5 Å². The Labute approximate surface area is 120 Å². The standard InChI is InChI=1S/C12H11ClN2O4S/c13-10-4-3-8(6-11(10)20(14,17)18)12(16)15-7-9-2-1-5-19-9/h1-6H,7H2,(H,15,16)(H2,14,17,18). The molecule has 0 saturated heterocycles. The van der Waals surface area contributed by atoms with Crippen molar-refractivity contribution in [1.82, 2.24) is 5.32 Å². The predicted molar refractivity (Wildman–Crippen MR) is 72.7 cm³/mol. The quantitative estimate of drug-likeness (QED) is 0.892. The second-order valence-corrected chi connectivity index (χ2v) is 5.89. The van der Waals surface area contributed by atoms with Crippen molar-refractivity contribution in [3.05, 3.63) is 52.9 Å². The molecular weight excluding hydrogens is 304 g/mol. The van der Waals surface area contributed by atoms with Crippen LogP contribution in [0.2, 0.25) is 5.02 Å². The number of hydrogen-bond acceptors (Lipinski definition) is 4. The smallest absolute Gasteiger partial charge is 0.251 e. The molecule has 1 aromatic carbocycles. The van der Waals surface area contributed by atoms with Crippen LogP contribution in [-0.4, -0.2) is 14.3 Å². The average molecular weight is 315 g/mol. The fourth-order valence-electron chi connectivity index (χ4n) is 1.55. The van der Waals surface area contributed by atoms with E-state index in [1.54, 1.807) is 12.1 Å². The highest BCUT2D eigenvalue weighted by Crippen LogP contribution is 2.21. The number of amides is 1. The average Bonchev–Trinajstić information content (AvgIpc) is 2.88. The van der Waals surface area contributed by atoms with Crippen molar-refractivity contribution >= 4 is 27.5 Å². The number of carbonyl (C=O) groups excluding carboxylic acids is 1. The lowest BCUT2D eigenvalue weighted by molar-refractivity contribution is 0.0948. The van der Waals surface area contributed by atoms with Crippen LogP contribution in [-0.2, 0) is 16.6 Å². The van der Waals surface area contributed by atoms with Crippen molar-refractivity contribution in [1.29, 1.82) is 0 Å². The predicted octanol–water partition coefficient (Wildman–Crippen LogP) is 1.51. The Kier molecular flexibility index (Phi) is 4.12. The van der Waals surface area contributed by atoms with E-state index in [1.807, 2.05) is 0 Å². The highest BCUT2D eigenvalue weighted by molar-refractivity contribution is 7.89. The number of nitrogens with two attached hydrogens (primary N) is 1. The molecule has 0 aliphatic heterocycles. The van der Waals surface area contributed by atoms with Gasteiger partial charge in [-0.1, -0.05) is 11.6 Å². The van der Waals surface area contributed by atoms with Gasteiger partial charge >= 0.3 is 0 Å². The molecule has 1 heterocycles. The summed E-state index contributed by atoms with van der Waals surface area (Å²) in [5.74, 6) is 0.127. The number of nitrogens with one attached hydrogen (secondary N) is 1. The summed E-state index contributed by atoms with van der Waals surface area (Å²) in [6.07, 6.45) is 1.49. The number of halogens is 1. The molecule has 0 radical (unpaired) electrons. The lowest BCUT2D eigenvalue weighted by atomic mass is 10.2. The molecule has 2 rings (SSSR count). The van der Waals surface area contributed by atoms with Gasteiger partial charge in [-0.2, -0.15) is 0 Å². The highest BCUT2D eigenvalue weighted by Gasteiger charge is 2.16. The zero-order chi connectivity index (χ0) is 14.8. The first-order valence-corrected chi connectivity index (χ1v) is 7.43. The first-order chi connectivity index (χ1) is 9.38. The SMILES string of the molecule is NS(=O)(=O)c1cc(C(=O)NCc2ccco2)ccc1Cl. The molecule has 3 N–H and O–H groups in total. The van der Waals surface area contributed by atoms with E-state index < -0.39 is 15.9 Å². The van der Waals surface area contributed by atoms with E-state index in [-0.39, 0.29) is 22.0 Å². The maximum absolute atomic E-state index is 11.9. The van der Waals surface area contributed by atoms with Crippen molar-refractivity contribution in [3.63, 3.8) is 0 Å². The van der Waals surface area contributed by atoms with Crippen LogP contribution in [0.1, 0.15) is 16.1 Å². The molecule has 106 valence electrons. The largest absolute Gasteiger partial charge is 0.467 e. The molecule has 0 bridgehead atoms. The fourth-order valence-corrected chi connectivity index (χ4v) is 2.62. The molecular formula is C12H11ClN2O4S. The molecule has 0 aliphatic rings. The Hall–Kier alpha value is -1.83. The minimum Gasteiger partial charge on any atom is -0.467 e. The first-order valence-electron chi connectivity index (χ1n) is 5.51. The molecule has 0 fully saturated rings. The number of benzene rings is 1. The molecule has 6 nitrogen and oxygen atoms in total. The summed E-state index contributed by atoms with van der Waals surface area (Å²) < 4.78 is 27.7. The van der Waals surface area contributed by atoms with Crippen molar-refractivity contribution in [2.75, 3.05) is 0 Å². The summed E-state index contributed by atoms with van der Waals surface area (Å²) in [6, 6.07) is 7.26. The van der Waals surface area contributed by atoms with Crippen molar-refractivity contribution in [2.24, 2.45) is 5.14 Å². The molecule has 0 aliphatic carbocycles. The number of rotatable bonds is 4. The Morgan fingerprint density at radius 1 is 1.35 bits per heavy atom. The minimum absolute atomic E-state index is 0.0323. The lowest BCUT2D eigenvalue weighted by Gasteiger charge is -2.06. The van der Waals surface area contributed by atoms with Gasteiger partial charge in [0.25, 0.3) is 5.91 Å². The van der Waals surface area contributed by atoms with Gasteiger partial charge in [-0.15, -0.1) is 0 Å². The van der Waals surface area contributed by atoms with Crippen LogP contribution in [0.4, 0.5) is 0 Å². The molecule has 0 spiro atoms. The van der Waals surface area contributed by atoms with Crippen LogP contribution >= 0.6 is 11.6 Å². The van der Waals surface area contributed by atoms with Crippen LogP contribution in [0.3, 0.4) is 0 Å². The highest BCUT2D eigenvalue weighted by atomic mass is 35.5. The van der Waals surface area contributed by atoms with Crippen LogP contribution in [0.5, 0.6) is 0 Å². The van der Waals surface area contributed by atoms with Gasteiger partial charge in [0.1, 0.15) is 10.7 Å². The Balaban J connectivity index is 2.18. The first kappa shape index (κ1) is 14.6. The van der Waals surface area contributed by atoms with Crippen molar-refractivity contribution in [2.45, 2.75) is 11.4 Å². The number of carbonyl (C=O) groups is 1. The fraction of sp³-hybridized carbons (Fsp3) is 0.0833. The third kappa shape index (κ3) is 3.38. The summed E-state index contributed by atoms with van der Waals surface area (Å²) in [7, 11) is -3.98. The molecule has 8 heteroatoms. The van der Waals surface area contributed by atoms with Gasteiger partial charge < -0.3 is 9.73 Å². The van der Waals surface area contributed by atoms with E-state index in [9.17, 15) is 13.2 Å². The molecule has 1 aromatic heterocycles. The lowest BCUT2D eigenvalue weighted by Crippen LogP contribution is -2.23. The minimum atomic E-state index is -3.98. The molecule has 0 unspecified atom stereocenters. The number of furan rings is 1. The van der Waals surface area contributed by atoms with Crippen molar-refractivity contribution < 1.29 is 17.6 Å². The van der Waals surface area contributed by atoms with E-state index >= 15 is 0 Å². The number of sulfonamides is 1. The van der Waals surface area contributed by atoms with Gasteiger partial charge in [0.05, 0.1) is 17.8 Å².